The van der Waals surface area contributed by atoms with Crippen LogP contribution in [0.25, 0.3) is 0 Å². The SMILES string of the molecule is O=C(O)[C@@H]1CC=CC[C@H]1C(=O)Nc1cccc(C(F)(F)F)c1. The van der Waals surface area contributed by atoms with E-state index in [9.17, 15) is 22.8 Å². The fourth-order valence-electron chi connectivity index (χ4n) is 2.39. The molecule has 0 fully saturated rings. The largest absolute Gasteiger partial charge is 0.481 e. The first-order valence-corrected chi connectivity index (χ1v) is 6.65. The molecule has 1 aromatic carbocycles. The molecule has 0 bridgehead atoms. The highest BCUT2D eigenvalue weighted by atomic mass is 19.4. The van der Waals surface area contributed by atoms with Crippen molar-refractivity contribution in [1.29, 1.82) is 0 Å². The molecular weight excluding hydrogens is 299 g/mol. The van der Waals surface area contributed by atoms with Crippen LogP contribution in [0.1, 0.15) is 18.4 Å². The Kier molecular flexibility index (Phi) is 4.54. The molecule has 2 rings (SSSR count). The van der Waals surface area contributed by atoms with Crippen LogP contribution in [0.2, 0.25) is 0 Å². The van der Waals surface area contributed by atoms with E-state index in [0.717, 1.165) is 12.1 Å². The predicted molar refractivity (Wildman–Crippen MR) is 73.1 cm³/mol. The molecule has 1 amide bonds. The summed E-state index contributed by atoms with van der Waals surface area (Å²) in [6, 6.07) is 4.25. The van der Waals surface area contributed by atoms with Crippen LogP contribution in [0.15, 0.2) is 36.4 Å². The molecule has 0 spiro atoms. The number of nitrogens with one attached hydrogen (secondary N) is 1. The number of amides is 1. The van der Waals surface area contributed by atoms with E-state index >= 15 is 0 Å². The summed E-state index contributed by atoms with van der Waals surface area (Å²) in [6.07, 6.45) is -0.627. The van der Waals surface area contributed by atoms with E-state index in [2.05, 4.69) is 5.32 Å². The number of halogens is 3. The van der Waals surface area contributed by atoms with Gasteiger partial charge in [0.25, 0.3) is 0 Å². The molecule has 1 aliphatic carbocycles. The van der Waals surface area contributed by atoms with Gasteiger partial charge in [0.2, 0.25) is 5.91 Å². The van der Waals surface area contributed by atoms with Crippen molar-refractivity contribution in [3.05, 3.63) is 42.0 Å². The maximum absolute atomic E-state index is 12.6. The van der Waals surface area contributed by atoms with E-state index in [1.54, 1.807) is 12.2 Å². The van der Waals surface area contributed by atoms with Crippen molar-refractivity contribution >= 4 is 17.6 Å². The Morgan fingerprint density at radius 1 is 1.14 bits per heavy atom. The molecule has 0 aliphatic heterocycles. The zero-order valence-electron chi connectivity index (χ0n) is 11.4. The lowest BCUT2D eigenvalue weighted by Crippen LogP contribution is -2.34. The van der Waals surface area contributed by atoms with Crippen molar-refractivity contribution in [2.75, 3.05) is 5.32 Å². The van der Waals surface area contributed by atoms with E-state index in [-0.39, 0.29) is 18.5 Å². The van der Waals surface area contributed by atoms with Crippen LogP contribution < -0.4 is 5.32 Å². The quantitative estimate of drug-likeness (QED) is 0.841. The first kappa shape index (κ1) is 16.1. The van der Waals surface area contributed by atoms with Gasteiger partial charge in [0.15, 0.2) is 0 Å². The molecule has 0 heterocycles. The summed E-state index contributed by atoms with van der Waals surface area (Å²) in [6.45, 7) is 0. The highest BCUT2D eigenvalue weighted by Crippen LogP contribution is 2.31. The van der Waals surface area contributed by atoms with E-state index < -0.39 is 35.5 Å². The number of aliphatic carboxylic acids is 1. The minimum atomic E-state index is -4.50. The van der Waals surface area contributed by atoms with Gasteiger partial charge in [-0.1, -0.05) is 18.2 Å². The van der Waals surface area contributed by atoms with Crippen LogP contribution in [-0.4, -0.2) is 17.0 Å². The van der Waals surface area contributed by atoms with Crippen molar-refractivity contribution in [1.82, 2.24) is 0 Å². The summed E-state index contributed by atoms with van der Waals surface area (Å²) in [5, 5.41) is 11.5. The number of carboxylic acid groups (broad SMARTS) is 1. The molecular formula is C15H14F3NO3. The van der Waals surface area contributed by atoms with Crippen LogP contribution in [-0.2, 0) is 15.8 Å². The maximum Gasteiger partial charge on any atom is 0.416 e. The maximum atomic E-state index is 12.6. The normalized spacial score (nSPS) is 21.4. The Labute approximate surface area is 124 Å². The first-order chi connectivity index (χ1) is 10.3. The van der Waals surface area contributed by atoms with Crippen LogP contribution in [0.5, 0.6) is 0 Å². The van der Waals surface area contributed by atoms with E-state index in [0.29, 0.717) is 0 Å². The smallest absolute Gasteiger partial charge is 0.416 e. The average Bonchev–Trinajstić information content (AvgIpc) is 2.46. The Morgan fingerprint density at radius 2 is 1.77 bits per heavy atom. The van der Waals surface area contributed by atoms with Gasteiger partial charge in [-0.3, -0.25) is 9.59 Å². The van der Waals surface area contributed by atoms with Crippen LogP contribution in [0.4, 0.5) is 18.9 Å². The van der Waals surface area contributed by atoms with Crippen molar-refractivity contribution in [2.24, 2.45) is 11.8 Å². The van der Waals surface area contributed by atoms with Crippen molar-refractivity contribution in [2.45, 2.75) is 19.0 Å². The molecule has 1 aromatic rings. The number of carbonyl (C=O) groups is 2. The second-order valence-corrected chi connectivity index (χ2v) is 5.06. The zero-order chi connectivity index (χ0) is 16.3. The van der Waals surface area contributed by atoms with Crippen LogP contribution in [0.3, 0.4) is 0 Å². The van der Waals surface area contributed by atoms with Crippen molar-refractivity contribution in [3.63, 3.8) is 0 Å². The van der Waals surface area contributed by atoms with Crippen LogP contribution >= 0.6 is 0 Å². The van der Waals surface area contributed by atoms with Gasteiger partial charge in [0, 0.05) is 5.69 Å². The van der Waals surface area contributed by atoms with Gasteiger partial charge in [-0.2, -0.15) is 13.2 Å². The molecule has 0 saturated carbocycles. The minimum Gasteiger partial charge on any atom is -0.481 e. The monoisotopic (exact) mass is 313 g/mol. The number of hydrogen-bond acceptors (Lipinski definition) is 2. The minimum absolute atomic E-state index is 0.00137. The molecule has 0 aromatic heterocycles. The van der Waals surface area contributed by atoms with Gasteiger partial charge in [-0.05, 0) is 31.0 Å². The number of allylic oxidation sites excluding steroid dienone is 2. The lowest BCUT2D eigenvalue weighted by Gasteiger charge is -2.24. The molecule has 118 valence electrons. The molecule has 7 heteroatoms. The third kappa shape index (κ3) is 3.66. The third-order valence-electron chi connectivity index (χ3n) is 3.54. The van der Waals surface area contributed by atoms with Crippen molar-refractivity contribution in [3.8, 4) is 0 Å². The summed E-state index contributed by atoms with van der Waals surface area (Å²) < 4.78 is 37.9. The lowest BCUT2D eigenvalue weighted by molar-refractivity contribution is -0.146. The number of anilines is 1. The standard InChI is InChI=1S/C15H14F3NO3/c16-15(17,18)9-4-3-5-10(8-9)19-13(20)11-6-1-2-7-12(11)14(21)22/h1-5,8,11-12H,6-7H2,(H,19,20)(H,21,22)/t11-,12-/m1/s1. The summed E-state index contributed by atoms with van der Waals surface area (Å²) in [5.41, 5.74) is -0.873. The molecule has 0 unspecified atom stereocenters. The second kappa shape index (κ2) is 6.21. The van der Waals surface area contributed by atoms with E-state index in [1.807, 2.05) is 0 Å². The van der Waals surface area contributed by atoms with Gasteiger partial charge >= 0.3 is 12.1 Å². The number of carboxylic acids is 1. The number of rotatable bonds is 3. The second-order valence-electron chi connectivity index (χ2n) is 5.06. The first-order valence-electron chi connectivity index (χ1n) is 6.65. The highest BCUT2D eigenvalue weighted by Gasteiger charge is 2.34. The fourth-order valence-corrected chi connectivity index (χ4v) is 2.39. The van der Waals surface area contributed by atoms with Crippen molar-refractivity contribution < 1.29 is 27.9 Å². The third-order valence-corrected chi connectivity index (χ3v) is 3.54. The molecule has 22 heavy (non-hydrogen) atoms. The topological polar surface area (TPSA) is 66.4 Å². The van der Waals surface area contributed by atoms with Crippen LogP contribution in [0, 0.1) is 11.8 Å². The summed E-state index contributed by atoms with van der Waals surface area (Å²) >= 11 is 0. The summed E-state index contributed by atoms with van der Waals surface area (Å²) in [4.78, 5) is 23.3. The van der Waals surface area contributed by atoms with Gasteiger partial charge in [0.1, 0.15) is 0 Å². The molecule has 2 atom stereocenters. The summed E-state index contributed by atoms with van der Waals surface area (Å²) in [5.74, 6) is -3.34. The number of alkyl halides is 3. The zero-order valence-corrected chi connectivity index (χ0v) is 11.4. The number of carbonyl (C=O) groups excluding carboxylic acids is 1. The fraction of sp³-hybridized carbons (Fsp3) is 0.333. The predicted octanol–water partition coefficient (Wildman–Crippen LogP) is 3.31. The molecule has 0 radical (unpaired) electrons. The molecule has 0 saturated heterocycles. The molecule has 1 aliphatic rings. The van der Waals surface area contributed by atoms with E-state index in [4.69, 9.17) is 5.11 Å². The molecule has 4 nitrogen and oxygen atoms in total. The number of hydrogen-bond donors (Lipinski definition) is 2. The molecule has 2 N–H and O–H groups in total. The Balaban J connectivity index is 2.15. The van der Waals surface area contributed by atoms with Gasteiger partial charge < -0.3 is 10.4 Å². The average molecular weight is 313 g/mol. The highest BCUT2D eigenvalue weighted by molar-refractivity contribution is 5.95. The van der Waals surface area contributed by atoms with Gasteiger partial charge in [-0.15, -0.1) is 0 Å². The Bertz CT molecular complexity index is 610. The number of benzene rings is 1. The summed E-state index contributed by atoms with van der Waals surface area (Å²) in [7, 11) is 0. The van der Waals surface area contributed by atoms with Gasteiger partial charge in [-0.25, -0.2) is 0 Å². The Hall–Kier alpha value is -2.31. The van der Waals surface area contributed by atoms with E-state index in [1.165, 1.54) is 12.1 Å². The Morgan fingerprint density at radius 3 is 2.36 bits per heavy atom. The lowest BCUT2D eigenvalue weighted by atomic mass is 9.82. The van der Waals surface area contributed by atoms with Gasteiger partial charge in [0.05, 0.1) is 17.4 Å².